The zero-order valence-corrected chi connectivity index (χ0v) is 13.6. The predicted octanol–water partition coefficient (Wildman–Crippen LogP) is 4.10. The zero-order valence-electron chi connectivity index (χ0n) is 12.8. The first kappa shape index (κ1) is 16.3. The van der Waals surface area contributed by atoms with Gasteiger partial charge < -0.3 is 10.6 Å². The van der Waals surface area contributed by atoms with Crippen LogP contribution in [0.2, 0.25) is 5.02 Å². The summed E-state index contributed by atoms with van der Waals surface area (Å²) in [6, 6.07) is 6.27. The Morgan fingerprint density at radius 2 is 1.95 bits per heavy atom. The lowest BCUT2D eigenvalue weighted by molar-refractivity contribution is 0.418. The van der Waals surface area contributed by atoms with Gasteiger partial charge in [-0.3, -0.25) is 0 Å². The molecular weight excluding hydrogens is 256 g/mol. The van der Waals surface area contributed by atoms with Gasteiger partial charge in [-0.25, -0.2) is 0 Å². The maximum atomic E-state index is 6.36. The number of rotatable bonds is 5. The van der Waals surface area contributed by atoms with E-state index in [0.29, 0.717) is 0 Å². The van der Waals surface area contributed by atoms with Crippen LogP contribution in [-0.4, -0.2) is 19.6 Å². The normalized spacial score (nSPS) is 13.4. The average molecular weight is 283 g/mol. The van der Waals surface area contributed by atoms with E-state index in [-0.39, 0.29) is 11.5 Å². The van der Waals surface area contributed by atoms with Crippen molar-refractivity contribution in [3.63, 3.8) is 0 Å². The molecule has 0 aliphatic rings. The van der Waals surface area contributed by atoms with Crippen LogP contribution in [0.4, 0.5) is 5.69 Å². The maximum absolute atomic E-state index is 6.36. The Hall–Kier alpha value is -0.730. The fourth-order valence-corrected chi connectivity index (χ4v) is 2.56. The molecule has 0 spiro atoms. The molecule has 0 heterocycles. The van der Waals surface area contributed by atoms with Crippen molar-refractivity contribution >= 4 is 17.3 Å². The summed E-state index contributed by atoms with van der Waals surface area (Å²) in [5.41, 5.74) is 8.72. The van der Waals surface area contributed by atoms with Crippen molar-refractivity contribution in [3.05, 3.63) is 28.8 Å². The van der Waals surface area contributed by atoms with Crippen molar-refractivity contribution in [2.75, 3.05) is 18.5 Å². The molecule has 0 saturated carbocycles. The minimum absolute atomic E-state index is 0.168. The van der Waals surface area contributed by atoms with E-state index in [1.54, 1.807) is 0 Å². The van der Waals surface area contributed by atoms with E-state index in [9.17, 15) is 0 Å². The second-order valence-electron chi connectivity index (χ2n) is 6.53. The van der Waals surface area contributed by atoms with Crippen LogP contribution in [0.25, 0.3) is 0 Å². The van der Waals surface area contributed by atoms with Crippen LogP contribution in [0.3, 0.4) is 0 Å². The summed E-state index contributed by atoms with van der Waals surface area (Å²) in [6.45, 7) is 9.82. The van der Waals surface area contributed by atoms with Crippen LogP contribution in [0, 0.1) is 5.41 Å². The molecule has 0 aliphatic carbocycles. The first-order valence-corrected chi connectivity index (χ1v) is 7.36. The topological polar surface area (TPSA) is 29.3 Å². The van der Waals surface area contributed by atoms with Crippen LogP contribution in [0.5, 0.6) is 0 Å². The highest BCUT2D eigenvalue weighted by Crippen LogP contribution is 2.30. The van der Waals surface area contributed by atoms with Crippen molar-refractivity contribution < 1.29 is 0 Å². The first-order chi connectivity index (χ1) is 8.74. The third-order valence-electron chi connectivity index (χ3n) is 3.21. The summed E-state index contributed by atoms with van der Waals surface area (Å²) in [7, 11) is 2.12. The lowest BCUT2D eigenvalue weighted by atomic mass is 9.95. The third-order valence-corrected chi connectivity index (χ3v) is 3.56. The number of hydrogen-bond donors (Lipinski definition) is 1. The molecule has 2 N–H and O–H groups in total. The lowest BCUT2D eigenvalue weighted by Crippen LogP contribution is -2.31. The van der Waals surface area contributed by atoms with Crippen LogP contribution in [0.15, 0.2) is 18.2 Å². The van der Waals surface area contributed by atoms with Crippen molar-refractivity contribution in [1.29, 1.82) is 0 Å². The summed E-state index contributed by atoms with van der Waals surface area (Å²) in [5.74, 6) is 0. The summed E-state index contributed by atoms with van der Waals surface area (Å²) < 4.78 is 0. The Kier molecular flexibility index (Phi) is 5.69. The van der Waals surface area contributed by atoms with E-state index < -0.39 is 0 Å². The average Bonchev–Trinajstić information content (AvgIpc) is 2.29. The largest absolute Gasteiger partial charge is 0.374 e. The fraction of sp³-hybridized carbons (Fsp3) is 0.625. The molecule has 0 saturated heterocycles. The molecule has 0 amide bonds. The van der Waals surface area contributed by atoms with E-state index in [1.165, 1.54) is 11.3 Å². The molecule has 1 rings (SSSR count). The van der Waals surface area contributed by atoms with E-state index in [4.69, 9.17) is 17.3 Å². The number of anilines is 1. The molecule has 108 valence electrons. The molecule has 0 bridgehead atoms. The maximum Gasteiger partial charge on any atom is 0.0459 e. The molecule has 2 nitrogen and oxygen atoms in total. The molecular formula is C16H27ClN2. The van der Waals surface area contributed by atoms with Gasteiger partial charge in [0.2, 0.25) is 0 Å². The van der Waals surface area contributed by atoms with Gasteiger partial charge in [0, 0.05) is 30.3 Å². The highest BCUT2D eigenvalue weighted by Gasteiger charge is 2.18. The quantitative estimate of drug-likeness (QED) is 0.881. The van der Waals surface area contributed by atoms with Crippen molar-refractivity contribution in [1.82, 2.24) is 0 Å². The molecule has 0 aliphatic heterocycles. The highest BCUT2D eigenvalue weighted by atomic mass is 35.5. The molecule has 19 heavy (non-hydrogen) atoms. The van der Waals surface area contributed by atoms with Crippen molar-refractivity contribution in [2.45, 2.75) is 46.6 Å². The smallest absolute Gasteiger partial charge is 0.0459 e. The van der Waals surface area contributed by atoms with Gasteiger partial charge in [-0.1, -0.05) is 45.4 Å². The number of halogens is 1. The van der Waals surface area contributed by atoms with Gasteiger partial charge in [0.25, 0.3) is 0 Å². The Morgan fingerprint density at radius 1 is 1.32 bits per heavy atom. The second-order valence-corrected chi connectivity index (χ2v) is 6.93. The van der Waals surface area contributed by atoms with Crippen LogP contribution >= 0.6 is 11.6 Å². The summed E-state index contributed by atoms with van der Waals surface area (Å²) in [5, 5.41) is 0.821. The Bertz CT molecular complexity index is 410. The zero-order chi connectivity index (χ0) is 14.6. The van der Waals surface area contributed by atoms with Crippen molar-refractivity contribution in [2.24, 2.45) is 11.1 Å². The molecule has 1 unspecified atom stereocenters. The number of nitrogens with two attached hydrogens (primary N) is 1. The Balaban J connectivity index is 3.02. The molecule has 1 aromatic carbocycles. The summed E-state index contributed by atoms with van der Waals surface area (Å²) in [6.07, 6.45) is 1.80. The number of benzene rings is 1. The molecule has 0 radical (unpaired) electrons. The predicted molar refractivity (Wildman–Crippen MR) is 86.1 cm³/mol. The lowest BCUT2D eigenvalue weighted by Gasteiger charge is -2.30. The van der Waals surface area contributed by atoms with Crippen LogP contribution in [0.1, 0.15) is 39.7 Å². The third kappa shape index (κ3) is 5.04. The van der Waals surface area contributed by atoms with Crippen molar-refractivity contribution in [3.8, 4) is 0 Å². The highest BCUT2D eigenvalue weighted by molar-refractivity contribution is 6.31. The number of hydrogen-bond acceptors (Lipinski definition) is 2. The number of nitrogens with zero attached hydrogens (tertiary/aromatic N) is 1. The van der Waals surface area contributed by atoms with Gasteiger partial charge in [0.05, 0.1) is 0 Å². The Labute approximate surface area is 122 Å². The van der Waals surface area contributed by atoms with Crippen LogP contribution in [-0.2, 0) is 6.42 Å². The van der Waals surface area contributed by atoms with Gasteiger partial charge in [-0.2, -0.15) is 0 Å². The summed E-state index contributed by atoms with van der Waals surface area (Å²) in [4.78, 5) is 2.28. The Morgan fingerprint density at radius 3 is 2.47 bits per heavy atom. The summed E-state index contributed by atoms with van der Waals surface area (Å²) >= 11 is 6.36. The minimum Gasteiger partial charge on any atom is -0.374 e. The van der Waals surface area contributed by atoms with E-state index in [2.05, 4.69) is 45.7 Å². The second kappa shape index (κ2) is 6.62. The SMILES string of the molecule is CCC(N)Cc1c(Cl)cccc1N(C)CC(C)(C)C. The van der Waals surface area contributed by atoms with Gasteiger partial charge in [-0.05, 0) is 36.0 Å². The standard InChI is InChI=1S/C16H27ClN2/c1-6-12(18)10-13-14(17)8-7-9-15(13)19(5)11-16(2,3)4/h7-9,12H,6,10-11,18H2,1-5H3. The van der Waals surface area contributed by atoms with E-state index in [1.807, 2.05) is 12.1 Å². The van der Waals surface area contributed by atoms with Gasteiger partial charge in [-0.15, -0.1) is 0 Å². The molecule has 1 atom stereocenters. The van der Waals surface area contributed by atoms with Gasteiger partial charge in [0.1, 0.15) is 0 Å². The molecule has 3 heteroatoms. The molecule has 0 fully saturated rings. The minimum atomic E-state index is 0.168. The fourth-order valence-electron chi connectivity index (χ4n) is 2.31. The molecule has 0 aromatic heterocycles. The van der Waals surface area contributed by atoms with Crippen LogP contribution < -0.4 is 10.6 Å². The van der Waals surface area contributed by atoms with Gasteiger partial charge in [0.15, 0.2) is 0 Å². The van der Waals surface area contributed by atoms with E-state index >= 15 is 0 Å². The van der Waals surface area contributed by atoms with E-state index in [0.717, 1.165) is 24.4 Å². The monoisotopic (exact) mass is 282 g/mol. The van der Waals surface area contributed by atoms with Gasteiger partial charge >= 0.3 is 0 Å². The molecule has 1 aromatic rings. The first-order valence-electron chi connectivity index (χ1n) is 6.98.